The molecule has 0 aliphatic heterocycles. The molecule has 1 N–H and O–H groups in total. The summed E-state index contributed by atoms with van der Waals surface area (Å²) in [6.45, 7) is 6.41. The Labute approximate surface area is 136 Å². The van der Waals surface area contributed by atoms with Gasteiger partial charge in [-0.15, -0.1) is 0 Å². The summed E-state index contributed by atoms with van der Waals surface area (Å²) in [6, 6.07) is 13.0. The van der Waals surface area contributed by atoms with Gasteiger partial charge in [-0.25, -0.2) is 0 Å². The molecule has 1 aromatic heterocycles. The molecule has 0 amide bonds. The Morgan fingerprint density at radius 3 is 2.76 bits per heavy atom. The number of halogens is 1. The Morgan fingerprint density at radius 1 is 1.24 bits per heavy atom. The molecule has 0 saturated carbocycles. The molecule has 1 heterocycles. The largest absolute Gasteiger partial charge is 0.316 e. The van der Waals surface area contributed by atoms with E-state index in [1.807, 2.05) is 6.20 Å². The highest BCUT2D eigenvalue weighted by Crippen LogP contribution is 2.21. The minimum absolute atomic E-state index is 0.463. The average Bonchev–Trinajstić information content (AvgIpc) is 2.48. The molecule has 0 fully saturated rings. The van der Waals surface area contributed by atoms with E-state index in [9.17, 15) is 0 Å². The Balaban J connectivity index is 2.13. The van der Waals surface area contributed by atoms with Gasteiger partial charge in [-0.05, 0) is 59.9 Å². The molecule has 0 spiro atoms. The fraction of sp³-hybridized carbons (Fsp3) is 0.389. The molecule has 2 rings (SSSR count). The quantitative estimate of drug-likeness (QED) is 0.747. The van der Waals surface area contributed by atoms with Crippen LogP contribution >= 0.6 is 15.9 Å². The fourth-order valence-electron chi connectivity index (χ4n) is 2.46. The van der Waals surface area contributed by atoms with Crippen molar-refractivity contribution in [3.8, 4) is 0 Å². The summed E-state index contributed by atoms with van der Waals surface area (Å²) >= 11 is 3.44. The predicted octanol–water partition coefficient (Wildman–Crippen LogP) is 4.48. The van der Waals surface area contributed by atoms with Gasteiger partial charge in [-0.2, -0.15) is 0 Å². The van der Waals surface area contributed by atoms with Crippen LogP contribution in [0.2, 0.25) is 0 Å². The number of nitrogens with zero attached hydrogens (tertiary/aromatic N) is 1. The monoisotopic (exact) mass is 346 g/mol. The molecule has 0 aliphatic rings. The van der Waals surface area contributed by atoms with Gasteiger partial charge < -0.3 is 5.32 Å². The third-order valence-corrected chi connectivity index (χ3v) is 4.04. The smallest absolute Gasteiger partial charge is 0.0413 e. The minimum atomic E-state index is 0.463. The molecule has 0 bridgehead atoms. The van der Waals surface area contributed by atoms with Crippen molar-refractivity contribution in [1.29, 1.82) is 0 Å². The molecular weight excluding hydrogens is 324 g/mol. The Bertz CT molecular complexity index is 551. The summed E-state index contributed by atoms with van der Waals surface area (Å²) in [7, 11) is 0. The van der Waals surface area contributed by atoms with Gasteiger partial charge in [0, 0.05) is 28.8 Å². The van der Waals surface area contributed by atoms with Crippen LogP contribution in [0.5, 0.6) is 0 Å². The van der Waals surface area contributed by atoms with Crippen LogP contribution in [0.25, 0.3) is 0 Å². The van der Waals surface area contributed by atoms with Crippen molar-refractivity contribution in [2.45, 2.75) is 32.6 Å². The first-order chi connectivity index (χ1) is 10.2. The van der Waals surface area contributed by atoms with E-state index in [1.54, 1.807) is 0 Å². The van der Waals surface area contributed by atoms with Gasteiger partial charge in [0.1, 0.15) is 0 Å². The summed E-state index contributed by atoms with van der Waals surface area (Å²) in [6.07, 6.45) is 4.01. The SMILES string of the molecule is CCCNCC(Cc1ccc(Br)cn1)c1cccc(C)c1. The van der Waals surface area contributed by atoms with Crippen molar-refractivity contribution in [1.82, 2.24) is 10.3 Å². The summed E-state index contributed by atoms with van der Waals surface area (Å²) < 4.78 is 1.03. The van der Waals surface area contributed by atoms with Gasteiger partial charge in [0.25, 0.3) is 0 Å². The van der Waals surface area contributed by atoms with Crippen molar-refractivity contribution >= 4 is 15.9 Å². The first-order valence-electron chi connectivity index (χ1n) is 7.56. The van der Waals surface area contributed by atoms with Crippen LogP contribution < -0.4 is 5.32 Å². The number of pyridine rings is 1. The summed E-state index contributed by atoms with van der Waals surface area (Å²) in [5.74, 6) is 0.463. The van der Waals surface area contributed by atoms with Crippen molar-refractivity contribution in [3.05, 3.63) is 63.9 Å². The lowest BCUT2D eigenvalue weighted by atomic mass is 9.92. The third-order valence-electron chi connectivity index (χ3n) is 3.58. The maximum absolute atomic E-state index is 4.52. The second kappa shape index (κ2) is 8.30. The van der Waals surface area contributed by atoms with Gasteiger partial charge in [0.2, 0.25) is 0 Å². The minimum Gasteiger partial charge on any atom is -0.316 e. The molecule has 1 aromatic carbocycles. The predicted molar refractivity (Wildman–Crippen MR) is 92.7 cm³/mol. The normalized spacial score (nSPS) is 12.3. The number of rotatable bonds is 7. The lowest BCUT2D eigenvalue weighted by Gasteiger charge is -2.18. The number of aromatic nitrogens is 1. The number of hydrogen-bond acceptors (Lipinski definition) is 2. The molecule has 2 aromatic rings. The Morgan fingerprint density at radius 2 is 2.10 bits per heavy atom. The van der Waals surface area contributed by atoms with E-state index in [1.165, 1.54) is 11.1 Å². The van der Waals surface area contributed by atoms with Crippen LogP contribution in [0, 0.1) is 6.92 Å². The molecule has 1 atom stereocenters. The van der Waals surface area contributed by atoms with Crippen molar-refractivity contribution < 1.29 is 0 Å². The van der Waals surface area contributed by atoms with Gasteiger partial charge >= 0.3 is 0 Å². The van der Waals surface area contributed by atoms with Crippen molar-refractivity contribution in [2.75, 3.05) is 13.1 Å². The van der Waals surface area contributed by atoms with Crippen LogP contribution in [0.1, 0.15) is 36.1 Å². The maximum atomic E-state index is 4.52. The Hall–Kier alpha value is -1.19. The van der Waals surface area contributed by atoms with E-state index < -0.39 is 0 Å². The molecule has 21 heavy (non-hydrogen) atoms. The standard InChI is InChI=1S/C18H23BrN2/c1-3-9-20-12-16(15-6-4-5-14(2)10-15)11-18-8-7-17(19)13-21-18/h4-8,10,13,16,20H,3,9,11-12H2,1-2H3. The Kier molecular flexibility index (Phi) is 6.40. The van der Waals surface area contributed by atoms with Gasteiger partial charge in [0.05, 0.1) is 0 Å². The van der Waals surface area contributed by atoms with Crippen LogP contribution in [0.15, 0.2) is 47.1 Å². The first kappa shape index (κ1) is 16.2. The molecule has 112 valence electrons. The molecule has 3 heteroatoms. The second-order valence-electron chi connectivity index (χ2n) is 5.49. The van der Waals surface area contributed by atoms with Crippen LogP contribution in [-0.2, 0) is 6.42 Å². The summed E-state index contributed by atoms with van der Waals surface area (Å²) in [4.78, 5) is 4.52. The molecule has 1 unspecified atom stereocenters. The zero-order chi connectivity index (χ0) is 15.1. The number of hydrogen-bond donors (Lipinski definition) is 1. The summed E-state index contributed by atoms with van der Waals surface area (Å²) in [5.41, 5.74) is 3.85. The van der Waals surface area contributed by atoms with Crippen molar-refractivity contribution in [2.24, 2.45) is 0 Å². The van der Waals surface area contributed by atoms with E-state index in [0.29, 0.717) is 5.92 Å². The van der Waals surface area contributed by atoms with Crippen LogP contribution in [-0.4, -0.2) is 18.1 Å². The van der Waals surface area contributed by atoms with E-state index in [4.69, 9.17) is 0 Å². The summed E-state index contributed by atoms with van der Waals surface area (Å²) in [5, 5.41) is 3.55. The van der Waals surface area contributed by atoms with Gasteiger partial charge in [-0.1, -0.05) is 36.8 Å². The van der Waals surface area contributed by atoms with Crippen LogP contribution in [0.4, 0.5) is 0 Å². The van der Waals surface area contributed by atoms with E-state index in [2.05, 4.69) is 76.5 Å². The lowest BCUT2D eigenvalue weighted by Crippen LogP contribution is -2.24. The number of benzene rings is 1. The lowest BCUT2D eigenvalue weighted by molar-refractivity contribution is 0.572. The van der Waals surface area contributed by atoms with Crippen molar-refractivity contribution in [3.63, 3.8) is 0 Å². The van der Waals surface area contributed by atoms with Gasteiger partial charge in [0.15, 0.2) is 0 Å². The highest BCUT2D eigenvalue weighted by atomic mass is 79.9. The number of aryl methyl sites for hydroxylation is 1. The van der Waals surface area contributed by atoms with Crippen LogP contribution in [0.3, 0.4) is 0 Å². The van der Waals surface area contributed by atoms with Gasteiger partial charge in [-0.3, -0.25) is 4.98 Å². The zero-order valence-electron chi connectivity index (χ0n) is 12.8. The van der Waals surface area contributed by atoms with E-state index in [-0.39, 0.29) is 0 Å². The van der Waals surface area contributed by atoms with E-state index in [0.717, 1.165) is 36.1 Å². The number of nitrogens with one attached hydrogen (secondary N) is 1. The average molecular weight is 347 g/mol. The second-order valence-corrected chi connectivity index (χ2v) is 6.40. The molecule has 0 aliphatic carbocycles. The first-order valence-corrected chi connectivity index (χ1v) is 8.36. The zero-order valence-corrected chi connectivity index (χ0v) is 14.4. The third kappa shape index (κ3) is 5.25. The highest BCUT2D eigenvalue weighted by molar-refractivity contribution is 9.10. The molecule has 0 radical (unpaired) electrons. The van der Waals surface area contributed by atoms with E-state index >= 15 is 0 Å². The molecule has 0 saturated heterocycles. The topological polar surface area (TPSA) is 24.9 Å². The highest BCUT2D eigenvalue weighted by Gasteiger charge is 2.13. The fourth-order valence-corrected chi connectivity index (χ4v) is 2.70. The maximum Gasteiger partial charge on any atom is 0.0413 e. The molecule has 2 nitrogen and oxygen atoms in total. The molecular formula is C18H23BrN2.